The first kappa shape index (κ1) is 16.9. The molecule has 136 valence electrons. The summed E-state index contributed by atoms with van der Waals surface area (Å²) in [6, 6.07) is 6.24. The Bertz CT molecular complexity index is 983. The molecule has 5 heteroatoms. The van der Waals surface area contributed by atoms with E-state index >= 15 is 0 Å². The van der Waals surface area contributed by atoms with Gasteiger partial charge in [-0.3, -0.25) is 4.79 Å². The van der Waals surface area contributed by atoms with Crippen LogP contribution >= 0.6 is 0 Å². The second-order valence-electron chi connectivity index (χ2n) is 7.46. The van der Waals surface area contributed by atoms with Gasteiger partial charge < -0.3 is 14.4 Å². The summed E-state index contributed by atoms with van der Waals surface area (Å²) in [6.45, 7) is 8.95. The van der Waals surface area contributed by atoms with E-state index in [0.29, 0.717) is 6.42 Å². The third kappa shape index (κ3) is 2.71. The SMILES string of the molecule is Cc1cc([C@H]2CCCN2C(=O)Cc2c(C)[nH]c3c(C)ccc(C)c23)no1. The van der Waals surface area contributed by atoms with Crippen molar-refractivity contribution in [1.29, 1.82) is 0 Å². The van der Waals surface area contributed by atoms with Gasteiger partial charge in [0, 0.05) is 29.2 Å². The topological polar surface area (TPSA) is 62.1 Å². The molecule has 1 aromatic carbocycles. The third-order valence-electron chi connectivity index (χ3n) is 5.58. The van der Waals surface area contributed by atoms with Crippen molar-refractivity contribution in [2.45, 2.75) is 53.0 Å². The van der Waals surface area contributed by atoms with Crippen molar-refractivity contribution in [3.05, 3.63) is 52.0 Å². The summed E-state index contributed by atoms with van der Waals surface area (Å²) in [6.07, 6.45) is 2.37. The lowest BCUT2D eigenvalue weighted by atomic mass is 10.0. The first-order valence-corrected chi connectivity index (χ1v) is 9.25. The minimum Gasteiger partial charge on any atom is -0.361 e. The van der Waals surface area contributed by atoms with E-state index in [4.69, 9.17) is 4.52 Å². The number of hydrogen-bond donors (Lipinski definition) is 1. The van der Waals surface area contributed by atoms with Crippen LogP contribution in [0.15, 0.2) is 22.7 Å². The Morgan fingerprint density at radius 3 is 2.77 bits per heavy atom. The molecule has 0 bridgehead atoms. The predicted octanol–water partition coefficient (Wildman–Crippen LogP) is 4.30. The molecule has 0 radical (unpaired) electrons. The van der Waals surface area contributed by atoms with Crippen LogP contribution in [0.2, 0.25) is 0 Å². The maximum atomic E-state index is 13.1. The van der Waals surface area contributed by atoms with Crippen LogP contribution in [0.25, 0.3) is 10.9 Å². The van der Waals surface area contributed by atoms with Crippen LogP contribution in [0.4, 0.5) is 0 Å². The Morgan fingerprint density at radius 1 is 1.27 bits per heavy atom. The van der Waals surface area contributed by atoms with Gasteiger partial charge in [-0.05, 0) is 57.2 Å². The van der Waals surface area contributed by atoms with Gasteiger partial charge in [-0.25, -0.2) is 0 Å². The Balaban J connectivity index is 1.65. The van der Waals surface area contributed by atoms with Crippen LogP contribution in [0, 0.1) is 27.7 Å². The van der Waals surface area contributed by atoms with E-state index in [1.807, 2.05) is 17.9 Å². The summed E-state index contributed by atoms with van der Waals surface area (Å²) >= 11 is 0. The molecule has 1 aliphatic heterocycles. The second kappa shape index (κ2) is 6.31. The number of nitrogens with zero attached hydrogens (tertiary/aromatic N) is 2. The van der Waals surface area contributed by atoms with E-state index in [9.17, 15) is 4.79 Å². The van der Waals surface area contributed by atoms with Crippen molar-refractivity contribution in [3.63, 3.8) is 0 Å². The van der Waals surface area contributed by atoms with Gasteiger partial charge in [0.2, 0.25) is 5.91 Å². The van der Waals surface area contributed by atoms with Gasteiger partial charge in [-0.2, -0.15) is 0 Å². The largest absolute Gasteiger partial charge is 0.361 e. The molecule has 26 heavy (non-hydrogen) atoms. The maximum absolute atomic E-state index is 13.1. The zero-order chi connectivity index (χ0) is 18.4. The quantitative estimate of drug-likeness (QED) is 0.765. The molecule has 5 nitrogen and oxygen atoms in total. The number of likely N-dealkylation sites (tertiary alicyclic amines) is 1. The molecule has 4 rings (SSSR count). The average molecular weight is 351 g/mol. The molecule has 1 amide bonds. The second-order valence-corrected chi connectivity index (χ2v) is 7.46. The molecule has 0 spiro atoms. The van der Waals surface area contributed by atoms with Crippen LogP contribution < -0.4 is 0 Å². The summed E-state index contributed by atoms with van der Waals surface area (Å²) in [4.78, 5) is 18.6. The number of hydrogen-bond acceptors (Lipinski definition) is 3. The van der Waals surface area contributed by atoms with Crippen molar-refractivity contribution >= 4 is 16.8 Å². The molecule has 0 aliphatic carbocycles. The fourth-order valence-corrected chi connectivity index (χ4v) is 4.20. The van der Waals surface area contributed by atoms with E-state index in [2.05, 4.69) is 43.0 Å². The number of carbonyl (C=O) groups excluding carboxylic acids is 1. The minimum atomic E-state index is 0.0355. The Labute approximate surface area is 153 Å². The highest BCUT2D eigenvalue weighted by Gasteiger charge is 2.32. The molecule has 1 saturated heterocycles. The summed E-state index contributed by atoms with van der Waals surface area (Å²) in [5.74, 6) is 0.955. The predicted molar refractivity (Wildman–Crippen MR) is 101 cm³/mol. The summed E-state index contributed by atoms with van der Waals surface area (Å²) in [5, 5.41) is 5.34. The molecular weight excluding hydrogens is 326 g/mol. The van der Waals surface area contributed by atoms with E-state index < -0.39 is 0 Å². The summed E-state index contributed by atoms with van der Waals surface area (Å²) in [7, 11) is 0. The highest BCUT2D eigenvalue weighted by atomic mass is 16.5. The molecule has 1 N–H and O–H groups in total. The number of fused-ring (bicyclic) bond motifs is 1. The van der Waals surface area contributed by atoms with Crippen LogP contribution in [-0.2, 0) is 11.2 Å². The lowest BCUT2D eigenvalue weighted by Crippen LogP contribution is -2.32. The van der Waals surface area contributed by atoms with Gasteiger partial charge >= 0.3 is 0 Å². The molecule has 0 unspecified atom stereocenters. The molecule has 2 aromatic heterocycles. The number of aromatic amines is 1. The molecule has 1 aliphatic rings. The summed E-state index contributed by atoms with van der Waals surface area (Å²) < 4.78 is 5.22. The van der Waals surface area contributed by atoms with Crippen molar-refractivity contribution in [3.8, 4) is 0 Å². The first-order chi connectivity index (χ1) is 12.5. The Hall–Kier alpha value is -2.56. The minimum absolute atomic E-state index is 0.0355. The van der Waals surface area contributed by atoms with Crippen LogP contribution in [-0.4, -0.2) is 27.5 Å². The van der Waals surface area contributed by atoms with Crippen molar-refractivity contribution in [2.24, 2.45) is 0 Å². The van der Waals surface area contributed by atoms with Gasteiger partial charge in [0.15, 0.2) is 0 Å². The number of benzene rings is 1. The lowest BCUT2D eigenvalue weighted by molar-refractivity contribution is -0.131. The molecule has 3 heterocycles. The number of amides is 1. The highest BCUT2D eigenvalue weighted by molar-refractivity contribution is 5.94. The summed E-state index contributed by atoms with van der Waals surface area (Å²) in [5.41, 5.74) is 6.64. The van der Waals surface area contributed by atoms with Crippen LogP contribution in [0.1, 0.15) is 52.7 Å². The molecule has 3 aromatic rings. The van der Waals surface area contributed by atoms with Crippen molar-refractivity contribution < 1.29 is 9.32 Å². The van der Waals surface area contributed by atoms with E-state index in [1.54, 1.807) is 0 Å². The molecule has 0 saturated carbocycles. The average Bonchev–Trinajstić information content (AvgIpc) is 3.31. The number of carbonyl (C=O) groups is 1. The van der Waals surface area contributed by atoms with Gasteiger partial charge in [0.1, 0.15) is 11.5 Å². The normalized spacial score (nSPS) is 17.4. The molecule has 1 atom stereocenters. The number of aryl methyl sites for hydroxylation is 4. The van der Waals surface area contributed by atoms with Crippen molar-refractivity contribution in [2.75, 3.05) is 6.54 Å². The van der Waals surface area contributed by atoms with E-state index in [-0.39, 0.29) is 11.9 Å². The molecular formula is C21H25N3O2. The Morgan fingerprint density at radius 2 is 2.04 bits per heavy atom. The third-order valence-corrected chi connectivity index (χ3v) is 5.58. The maximum Gasteiger partial charge on any atom is 0.227 e. The highest BCUT2D eigenvalue weighted by Crippen LogP contribution is 2.34. The Kier molecular flexibility index (Phi) is 4.10. The fourth-order valence-electron chi connectivity index (χ4n) is 4.20. The van der Waals surface area contributed by atoms with Gasteiger partial charge in [-0.1, -0.05) is 17.3 Å². The van der Waals surface area contributed by atoms with Crippen molar-refractivity contribution in [1.82, 2.24) is 15.0 Å². The number of H-pyrrole nitrogens is 1. The van der Waals surface area contributed by atoms with Crippen LogP contribution in [0.5, 0.6) is 0 Å². The standard InChI is InChI=1S/C21H25N3O2/c1-12-7-8-13(2)21-20(12)16(15(4)22-21)11-19(25)24-9-5-6-18(24)17-10-14(3)26-23-17/h7-8,10,18,22H,5-6,9,11H2,1-4H3/t18-/m1/s1. The van der Waals surface area contributed by atoms with Gasteiger partial charge in [0.25, 0.3) is 0 Å². The van der Waals surface area contributed by atoms with Crippen LogP contribution in [0.3, 0.4) is 0 Å². The zero-order valence-electron chi connectivity index (χ0n) is 15.8. The first-order valence-electron chi connectivity index (χ1n) is 9.25. The fraction of sp³-hybridized carbons (Fsp3) is 0.429. The van der Waals surface area contributed by atoms with E-state index in [0.717, 1.165) is 47.6 Å². The monoisotopic (exact) mass is 351 g/mol. The van der Waals surface area contributed by atoms with Gasteiger partial charge in [0.05, 0.1) is 12.5 Å². The number of aromatic nitrogens is 2. The lowest BCUT2D eigenvalue weighted by Gasteiger charge is -2.23. The smallest absolute Gasteiger partial charge is 0.227 e. The van der Waals surface area contributed by atoms with E-state index in [1.165, 1.54) is 16.5 Å². The molecule has 1 fully saturated rings. The van der Waals surface area contributed by atoms with Gasteiger partial charge in [-0.15, -0.1) is 0 Å². The zero-order valence-corrected chi connectivity index (χ0v) is 15.8. The number of rotatable bonds is 3. The number of nitrogens with one attached hydrogen (secondary N) is 1.